The van der Waals surface area contributed by atoms with Crippen molar-refractivity contribution in [3.63, 3.8) is 0 Å². The summed E-state index contributed by atoms with van der Waals surface area (Å²) in [5.41, 5.74) is 2.98. The maximum Gasteiger partial charge on any atom is 0.368 e. The van der Waals surface area contributed by atoms with Crippen LogP contribution in [-0.2, 0) is 18.5 Å². The van der Waals surface area contributed by atoms with Crippen molar-refractivity contribution in [1.29, 1.82) is 0 Å². The van der Waals surface area contributed by atoms with E-state index in [0.29, 0.717) is 11.6 Å². The van der Waals surface area contributed by atoms with Crippen molar-refractivity contribution in [2.24, 2.45) is 18.1 Å². The zero-order valence-electron chi connectivity index (χ0n) is 14.7. The number of tetrazole rings is 1. The minimum absolute atomic E-state index is 0.248. The number of hydrogen-bond acceptors (Lipinski definition) is 5. The van der Waals surface area contributed by atoms with Crippen molar-refractivity contribution in [3.8, 4) is 5.69 Å². The van der Waals surface area contributed by atoms with Crippen LogP contribution >= 0.6 is 0 Å². The standard InChI is InChI=1S/C17H23N5O2/c1-12(2)9-10-14(4)18-24-11-15-13(3)7-6-8-16(15)22-17(23)21(5)19-20-22/h6-10,12H,11H2,1-5H3/b10-9+,18-14+. The van der Waals surface area contributed by atoms with Crippen LogP contribution in [-0.4, -0.2) is 25.5 Å². The van der Waals surface area contributed by atoms with Crippen LogP contribution in [0.3, 0.4) is 0 Å². The topological polar surface area (TPSA) is 74.3 Å². The average Bonchev–Trinajstić information content (AvgIpc) is 2.86. The van der Waals surface area contributed by atoms with E-state index in [1.54, 1.807) is 7.05 Å². The third kappa shape index (κ3) is 4.18. The molecular weight excluding hydrogens is 306 g/mol. The monoisotopic (exact) mass is 329 g/mol. The highest BCUT2D eigenvalue weighted by atomic mass is 16.6. The van der Waals surface area contributed by atoms with Gasteiger partial charge in [0, 0.05) is 12.6 Å². The minimum atomic E-state index is -0.304. The number of oxime groups is 1. The summed E-state index contributed by atoms with van der Waals surface area (Å²) in [5.74, 6) is 0.460. The Morgan fingerprint density at radius 2 is 2.12 bits per heavy atom. The van der Waals surface area contributed by atoms with Gasteiger partial charge in [-0.15, -0.1) is 0 Å². The molecule has 128 valence electrons. The number of nitrogens with zero attached hydrogens (tertiary/aromatic N) is 5. The molecule has 24 heavy (non-hydrogen) atoms. The van der Waals surface area contributed by atoms with Crippen molar-refractivity contribution in [3.05, 3.63) is 52.0 Å². The van der Waals surface area contributed by atoms with Crippen molar-refractivity contribution in [2.75, 3.05) is 0 Å². The number of hydrogen-bond donors (Lipinski definition) is 0. The van der Waals surface area contributed by atoms with Gasteiger partial charge in [0.05, 0.1) is 11.4 Å². The summed E-state index contributed by atoms with van der Waals surface area (Å²) in [4.78, 5) is 17.6. The van der Waals surface area contributed by atoms with Crippen molar-refractivity contribution in [2.45, 2.75) is 34.3 Å². The van der Waals surface area contributed by atoms with Gasteiger partial charge in [-0.3, -0.25) is 0 Å². The molecule has 0 unspecified atom stereocenters. The number of allylic oxidation sites excluding steroid dienone is 2. The second kappa shape index (κ2) is 7.72. The second-order valence-electron chi connectivity index (χ2n) is 5.98. The van der Waals surface area contributed by atoms with E-state index in [4.69, 9.17) is 4.84 Å². The van der Waals surface area contributed by atoms with Crippen molar-refractivity contribution < 1.29 is 4.84 Å². The van der Waals surface area contributed by atoms with E-state index in [9.17, 15) is 4.79 Å². The van der Waals surface area contributed by atoms with Crippen LogP contribution in [0.15, 0.2) is 40.3 Å². The Labute approximate surface area is 141 Å². The maximum absolute atomic E-state index is 12.1. The van der Waals surface area contributed by atoms with E-state index >= 15 is 0 Å². The van der Waals surface area contributed by atoms with Gasteiger partial charge < -0.3 is 4.84 Å². The first kappa shape index (κ1) is 17.7. The number of aryl methyl sites for hydroxylation is 2. The zero-order valence-corrected chi connectivity index (χ0v) is 14.7. The highest BCUT2D eigenvalue weighted by molar-refractivity contribution is 5.92. The third-order valence-electron chi connectivity index (χ3n) is 3.48. The van der Waals surface area contributed by atoms with Gasteiger partial charge >= 0.3 is 5.69 Å². The molecular formula is C17H23N5O2. The van der Waals surface area contributed by atoms with Gasteiger partial charge in [-0.2, -0.15) is 9.36 Å². The average molecular weight is 329 g/mol. The highest BCUT2D eigenvalue weighted by Gasteiger charge is 2.13. The van der Waals surface area contributed by atoms with E-state index in [2.05, 4.69) is 35.5 Å². The van der Waals surface area contributed by atoms with Crippen LogP contribution in [0.4, 0.5) is 0 Å². The first-order valence-corrected chi connectivity index (χ1v) is 7.82. The fourth-order valence-corrected chi connectivity index (χ4v) is 2.10. The molecule has 0 spiro atoms. The molecule has 0 bridgehead atoms. The Kier molecular flexibility index (Phi) is 5.68. The van der Waals surface area contributed by atoms with Gasteiger partial charge in [0.25, 0.3) is 0 Å². The molecule has 0 aliphatic heterocycles. The zero-order chi connectivity index (χ0) is 17.7. The number of benzene rings is 1. The molecule has 0 atom stereocenters. The molecule has 1 heterocycles. The van der Waals surface area contributed by atoms with Crippen LogP contribution in [0.1, 0.15) is 31.9 Å². The fraction of sp³-hybridized carbons (Fsp3) is 0.412. The summed E-state index contributed by atoms with van der Waals surface area (Å²) in [7, 11) is 1.56. The molecule has 7 heteroatoms. The first-order chi connectivity index (χ1) is 11.4. The Bertz CT molecular complexity index is 815. The Balaban J connectivity index is 2.24. The van der Waals surface area contributed by atoms with E-state index in [0.717, 1.165) is 16.8 Å². The molecule has 1 aromatic carbocycles. The Hall–Kier alpha value is -2.70. The van der Waals surface area contributed by atoms with Crippen LogP contribution < -0.4 is 5.69 Å². The molecule has 2 aromatic rings. The summed E-state index contributed by atoms with van der Waals surface area (Å²) < 4.78 is 2.45. The molecule has 2 rings (SSSR count). The molecule has 0 saturated heterocycles. The lowest BCUT2D eigenvalue weighted by Crippen LogP contribution is -2.23. The van der Waals surface area contributed by atoms with E-state index < -0.39 is 0 Å². The Morgan fingerprint density at radius 1 is 1.38 bits per heavy atom. The predicted molar refractivity (Wildman–Crippen MR) is 93.2 cm³/mol. The number of rotatable bonds is 6. The molecule has 7 nitrogen and oxygen atoms in total. The minimum Gasteiger partial charge on any atom is -0.391 e. The van der Waals surface area contributed by atoms with Crippen molar-refractivity contribution in [1.82, 2.24) is 19.8 Å². The maximum atomic E-state index is 12.1. The van der Waals surface area contributed by atoms with E-state index in [1.807, 2.05) is 38.1 Å². The number of aromatic nitrogens is 4. The summed E-state index contributed by atoms with van der Waals surface area (Å²) in [6.07, 6.45) is 3.98. The Morgan fingerprint density at radius 3 is 2.75 bits per heavy atom. The van der Waals surface area contributed by atoms with Crippen LogP contribution in [0.5, 0.6) is 0 Å². The molecule has 0 N–H and O–H groups in total. The quantitative estimate of drug-likeness (QED) is 0.602. The predicted octanol–water partition coefficient (Wildman–Crippen LogP) is 2.38. The summed E-state index contributed by atoms with van der Waals surface area (Å²) >= 11 is 0. The largest absolute Gasteiger partial charge is 0.391 e. The van der Waals surface area contributed by atoms with Crippen molar-refractivity contribution >= 4 is 5.71 Å². The summed E-state index contributed by atoms with van der Waals surface area (Å²) in [6.45, 7) is 8.28. The van der Waals surface area contributed by atoms with Crippen LogP contribution in [0.25, 0.3) is 5.69 Å². The molecule has 0 amide bonds. The normalized spacial score (nSPS) is 12.3. The van der Waals surface area contributed by atoms with E-state index in [1.165, 1.54) is 9.36 Å². The SMILES string of the molecule is CC(/C=C/C(C)C)=N\OCc1c(C)cccc1-n1nnn(C)c1=O. The smallest absolute Gasteiger partial charge is 0.368 e. The van der Waals surface area contributed by atoms with Crippen LogP contribution in [0, 0.1) is 12.8 Å². The molecule has 0 saturated carbocycles. The van der Waals surface area contributed by atoms with Crippen LogP contribution in [0.2, 0.25) is 0 Å². The fourth-order valence-electron chi connectivity index (χ4n) is 2.10. The molecule has 0 aliphatic rings. The first-order valence-electron chi connectivity index (χ1n) is 7.82. The summed E-state index contributed by atoms with van der Waals surface area (Å²) in [6, 6.07) is 5.64. The van der Waals surface area contributed by atoms with Gasteiger partial charge in [-0.25, -0.2) is 4.79 Å². The lowest BCUT2D eigenvalue weighted by atomic mass is 10.1. The third-order valence-corrected chi connectivity index (χ3v) is 3.48. The van der Waals surface area contributed by atoms with Gasteiger partial charge in [-0.1, -0.05) is 37.2 Å². The van der Waals surface area contributed by atoms with Gasteiger partial charge in [-0.05, 0) is 47.9 Å². The van der Waals surface area contributed by atoms with E-state index in [-0.39, 0.29) is 12.3 Å². The lowest BCUT2D eigenvalue weighted by Gasteiger charge is -2.10. The van der Waals surface area contributed by atoms with Gasteiger partial charge in [0.1, 0.15) is 6.61 Å². The molecule has 0 fully saturated rings. The highest BCUT2D eigenvalue weighted by Crippen LogP contribution is 2.18. The lowest BCUT2D eigenvalue weighted by molar-refractivity contribution is 0.130. The molecule has 0 aliphatic carbocycles. The second-order valence-corrected chi connectivity index (χ2v) is 5.98. The summed E-state index contributed by atoms with van der Waals surface area (Å²) in [5, 5.41) is 11.7. The van der Waals surface area contributed by atoms with Gasteiger partial charge in [0.15, 0.2) is 0 Å². The molecule has 1 aromatic heterocycles. The van der Waals surface area contributed by atoms with Gasteiger partial charge in [0.2, 0.25) is 0 Å². The molecule has 0 radical (unpaired) electrons.